The van der Waals surface area contributed by atoms with Gasteiger partial charge in [0.15, 0.2) is 0 Å². The van der Waals surface area contributed by atoms with Gasteiger partial charge in [0.05, 0.1) is 13.0 Å². The third-order valence-corrected chi connectivity index (χ3v) is 3.76. The van der Waals surface area contributed by atoms with Gasteiger partial charge in [-0.1, -0.05) is 56.2 Å². The Morgan fingerprint density at radius 1 is 1.18 bits per heavy atom. The molecule has 2 N–H and O–H groups in total. The lowest BCUT2D eigenvalue weighted by atomic mass is 10.2. The summed E-state index contributed by atoms with van der Waals surface area (Å²) < 4.78 is 5.06. The standard InChI is InChI=1S/C19H27N3O6/c1-5-15(17(24)25)21(4)18(20)22(19(26)27-12-13(2)3)28-16(23)11-14-9-7-6-8-10-14/h6-10,13,15,20H,5,11-12H2,1-4H3,(H,24,25). The Bertz CT molecular complexity index is 692. The average molecular weight is 393 g/mol. The lowest BCUT2D eigenvalue weighted by Crippen LogP contribution is -2.52. The lowest BCUT2D eigenvalue weighted by Gasteiger charge is -2.30. The Hall–Kier alpha value is -3.10. The molecule has 0 spiro atoms. The van der Waals surface area contributed by atoms with E-state index < -0.39 is 30.0 Å². The third kappa shape index (κ3) is 6.90. The van der Waals surface area contributed by atoms with Crippen LogP contribution >= 0.6 is 0 Å². The van der Waals surface area contributed by atoms with Crippen molar-refractivity contribution in [2.45, 2.75) is 39.7 Å². The van der Waals surface area contributed by atoms with Crippen molar-refractivity contribution in [1.29, 1.82) is 5.41 Å². The molecular formula is C19H27N3O6. The maximum atomic E-state index is 12.4. The number of amides is 1. The number of nitrogens with zero attached hydrogens (tertiary/aromatic N) is 2. The van der Waals surface area contributed by atoms with Gasteiger partial charge in [-0.25, -0.2) is 14.4 Å². The van der Waals surface area contributed by atoms with Gasteiger partial charge in [-0.2, -0.15) is 0 Å². The molecule has 0 saturated heterocycles. The van der Waals surface area contributed by atoms with Crippen LogP contribution in [0.15, 0.2) is 30.3 Å². The predicted molar refractivity (Wildman–Crippen MR) is 101 cm³/mol. The van der Waals surface area contributed by atoms with E-state index in [1.807, 2.05) is 13.8 Å². The van der Waals surface area contributed by atoms with E-state index in [4.69, 9.17) is 15.0 Å². The van der Waals surface area contributed by atoms with Crippen molar-refractivity contribution >= 4 is 24.0 Å². The van der Waals surface area contributed by atoms with Gasteiger partial charge in [0.25, 0.3) is 0 Å². The molecular weight excluding hydrogens is 366 g/mol. The first-order chi connectivity index (χ1) is 13.2. The van der Waals surface area contributed by atoms with Crippen molar-refractivity contribution in [3.63, 3.8) is 0 Å². The van der Waals surface area contributed by atoms with E-state index in [1.54, 1.807) is 37.3 Å². The number of likely N-dealkylation sites (N-methyl/N-ethyl adjacent to an activating group) is 1. The second-order valence-corrected chi connectivity index (χ2v) is 6.59. The number of nitrogens with one attached hydrogen (secondary N) is 1. The molecule has 0 aliphatic heterocycles. The van der Waals surface area contributed by atoms with Crippen molar-refractivity contribution in [3.8, 4) is 0 Å². The topological polar surface area (TPSA) is 120 Å². The number of carbonyl (C=O) groups excluding carboxylic acids is 2. The number of carbonyl (C=O) groups is 3. The average Bonchev–Trinajstić information content (AvgIpc) is 2.64. The molecule has 0 fully saturated rings. The first-order valence-electron chi connectivity index (χ1n) is 8.93. The molecule has 0 aliphatic carbocycles. The number of hydrogen-bond acceptors (Lipinski definition) is 6. The van der Waals surface area contributed by atoms with Crippen LogP contribution in [0.25, 0.3) is 0 Å². The van der Waals surface area contributed by atoms with E-state index in [1.165, 1.54) is 7.05 Å². The molecule has 0 saturated carbocycles. The lowest BCUT2D eigenvalue weighted by molar-refractivity contribution is -0.169. The minimum Gasteiger partial charge on any atom is -0.480 e. The summed E-state index contributed by atoms with van der Waals surface area (Å²) in [5.74, 6) is -2.53. The van der Waals surface area contributed by atoms with Gasteiger partial charge in [-0.05, 0) is 17.9 Å². The molecule has 1 rings (SSSR count). The number of carboxylic acids is 1. The molecule has 0 bridgehead atoms. The van der Waals surface area contributed by atoms with Crippen molar-refractivity contribution in [2.75, 3.05) is 13.7 Å². The van der Waals surface area contributed by atoms with Gasteiger partial charge in [-0.15, -0.1) is 0 Å². The summed E-state index contributed by atoms with van der Waals surface area (Å²) in [5.41, 5.74) is 0.667. The van der Waals surface area contributed by atoms with Crippen LogP contribution in [0.4, 0.5) is 4.79 Å². The first-order valence-corrected chi connectivity index (χ1v) is 8.93. The molecule has 0 radical (unpaired) electrons. The molecule has 1 aromatic rings. The molecule has 1 atom stereocenters. The third-order valence-electron chi connectivity index (χ3n) is 3.76. The fourth-order valence-electron chi connectivity index (χ4n) is 2.27. The Morgan fingerprint density at radius 3 is 2.29 bits per heavy atom. The highest BCUT2D eigenvalue weighted by Crippen LogP contribution is 2.10. The highest BCUT2D eigenvalue weighted by atomic mass is 16.8. The van der Waals surface area contributed by atoms with Crippen LogP contribution < -0.4 is 0 Å². The van der Waals surface area contributed by atoms with E-state index in [-0.39, 0.29) is 25.4 Å². The second kappa shape index (κ2) is 10.9. The highest BCUT2D eigenvalue weighted by Gasteiger charge is 2.33. The molecule has 1 aromatic carbocycles. The number of hydrogen-bond donors (Lipinski definition) is 2. The summed E-state index contributed by atoms with van der Waals surface area (Å²) in [6.07, 6.45) is -1.00. The minimum atomic E-state index is -1.17. The Balaban J connectivity index is 2.97. The summed E-state index contributed by atoms with van der Waals surface area (Å²) in [5, 5.41) is 17.9. The van der Waals surface area contributed by atoms with E-state index in [0.29, 0.717) is 10.6 Å². The first kappa shape index (κ1) is 22.9. The number of ether oxygens (including phenoxy) is 1. The largest absolute Gasteiger partial charge is 0.480 e. The quantitative estimate of drug-likeness (QED) is 0.415. The number of aliphatic carboxylic acids is 1. The summed E-state index contributed by atoms with van der Waals surface area (Å²) in [6.45, 7) is 5.34. The molecule has 9 nitrogen and oxygen atoms in total. The van der Waals surface area contributed by atoms with E-state index in [9.17, 15) is 19.5 Å². The number of hydroxylamine groups is 2. The smallest absolute Gasteiger partial charge is 0.451 e. The van der Waals surface area contributed by atoms with Crippen LogP contribution in [0.3, 0.4) is 0 Å². The molecule has 0 heterocycles. The number of rotatable bonds is 7. The van der Waals surface area contributed by atoms with Gasteiger partial charge in [-0.3, -0.25) is 5.41 Å². The Morgan fingerprint density at radius 2 is 1.79 bits per heavy atom. The molecule has 28 heavy (non-hydrogen) atoms. The summed E-state index contributed by atoms with van der Waals surface area (Å²) in [7, 11) is 1.33. The second-order valence-electron chi connectivity index (χ2n) is 6.59. The molecule has 9 heteroatoms. The summed E-state index contributed by atoms with van der Waals surface area (Å²) in [4.78, 5) is 42.1. The number of guanidine groups is 1. The van der Waals surface area contributed by atoms with E-state index >= 15 is 0 Å². The zero-order valence-corrected chi connectivity index (χ0v) is 16.5. The number of benzene rings is 1. The highest BCUT2D eigenvalue weighted by molar-refractivity contribution is 5.94. The van der Waals surface area contributed by atoms with Crippen molar-refractivity contribution in [2.24, 2.45) is 5.92 Å². The van der Waals surface area contributed by atoms with E-state index in [0.717, 1.165) is 4.90 Å². The van der Waals surface area contributed by atoms with Crippen LogP contribution in [-0.4, -0.2) is 58.8 Å². The summed E-state index contributed by atoms with van der Waals surface area (Å²) >= 11 is 0. The zero-order valence-electron chi connectivity index (χ0n) is 16.5. The number of carboxylic acid groups (broad SMARTS) is 1. The Kier molecular flexibility index (Phi) is 8.94. The summed E-state index contributed by atoms with van der Waals surface area (Å²) in [6, 6.07) is 7.68. The van der Waals surface area contributed by atoms with Crippen molar-refractivity contribution in [1.82, 2.24) is 9.96 Å². The molecule has 0 aliphatic rings. The van der Waals surface area contributed by atoms with Crippen LogP contribution in [-0.2, 0) is 25.6 Å². The molecule has 1 amide bonds. The molecule has 154 valence electrons. The normalized spacial score (nSPS) is 11.5. The van der Waals surface area contributed by atoms with Gasteiger partial charge >= 0.3 is 18.0 Å². The van der Waals surface area contributed by atoms with Gasteiger partial charge in [0.2, 0.25) is 5.96 Å². The van der Waals surface area contributed by atoms with E-state index in [2.05, 4.69) is 0 Å². The fourth-order valence-corrected chi connectivity index (χ4v) is 2.27. The Labute approximate surface area is 164 Å². The van der Waals surface area contributed by atoms with Crippen molar-refractivity contribution in [3.05, 3.63) is 35.9 Å². The van der Waals surface area contributed by atoms with Crippen LogP contribution in [0.1, 0.15) is 32.8 Å². The van der Waals surface area contributed by atoms with Crippen LogP contribution in [0.2, 0.25) is 0 Å². The molecule has 1 unspecified atom stereocenters. The van der Waals surface area contributed by atoms with Crippen LogP contribution in [0.5, 0.6) is 0 Å². The van der Waals surface area contributed by atoms with Gasteiger partial charge in [0, 0.05) is 7.05 Å². The SMILES string of the molecule is CCC(C(=O)O)N(C)C(=N)N(OC(=O)Cc1ccccc1)C(=O)OCC(C)C. The zero-order chi connectivity index (χ0) is 21.3. The maximum Gasteiger partial charge on any atom is 0.451 e. The van der Waals surface area contributed by atoms with Gasteiger partial charge in [0.1, 0.15) is 6.04 Å². The fraction of sp³-hybridized carbons (Fsp3) is 0.474. The minimum absolute atomic E-state index is 0.0279. The van der Waals surface area contributed by atoms with Gasteiger partial charge < -0.3 is 19.6 Å². The molecule has 0 aromatic heterocycles. The monoisotopic (exact) mass is 393 g/mol. The van der Waals surface area contributed by atoms with Crippen LogP contribution in [0, 0.1) is 11.3 Å². The van der Waals surface area contributed by atoms with Crippen molar-refractivity contribution < 1.29 is 29.1 Å². The maximum absolute atomic E-state index is 12.4. The predicted octanol–water partition coefficient (Wildman–Crippen LogP) is 2.51.